The molecule has 0 radical (unpaired) electrons. The SMILES string of the molecule is C(=Cc1nc2ccccc2[nH]1)c1ccc(-c2cccc3[nH]cnc23)cc1. The molecule has 4 heteroatoms. The summed E-state index contributed by atoms with van der Waals surface area (Å²) in [6, 6.07) is 22.7. The van der Waals surface area contributed by atoms with Gasteiger partial charge >= 0.3 is 0 Å². The van der Waals surface area contributed by atoms with E-state index in [4.69, 9.17) is 0 Å². The summed E-state index contributed by atoms with van der Waals surface area (Å²) in [5, 5.41) is 0. The van der Waals surface area contributed by atoms with Crippen molar-refractivity contribution in [1.29, 1.82) is 0 Å². The Hall–Kier alpha value is -3.66. The van der Waals surface area contributed by atoms with Crippen molar-refractivity contribution in [3.8, 4) is 11.1 Å². The third-order valence-electron chi connectivity index (χ3n) is 4.51. The summed E-state index contributed by atoms with van der Waals surface area (Å²) in [5.41, 5.74) is 7.50. The van der Waals surface area contributed by atoms with Gasteiger partial charge in [0.1, 0.15) is 5.82 Å². The Labute approximate surface area is 150 Å². The molecule has 0 spiro atoms. The smallest absolute Gasteiger partial charge is 0.131 e. The number of rotatable bonds is 3. The molecule has 3 aromatic carbocycles. The van der Waals surface area contributed by atoms with Gasteiger partial charge in [-0.3, -0.25) is 0 Å². The van der Waals surface area contributed by atoms with Crippen LogP contribution in [0, 0.1) is 0 Å². The van der Waals surface area contributed by atoms with Crippen LogP contribution in [-0.4, -0.2) is 19.9 Å². The lowest BCUT2D eigenvalue weighted by molar-refractivity contribution is 1.29. The van der Waals surface area contributed by atoms with E-state index < -0.39 is 0 Å². The van der Waals surface area contributed by atoms with E-state index in [1.54, 1.807) is 6.33 Å². The van der Waals surface area contributed by atoms with Gasteiger partial charge in [-0.1, -0.05) is 54.6 Å². The summed E-state index contributed by atoms with van der Waals surface area (Å²) in [5.74, 6) is 0.858. The number of nitrogens with zero attached hydrogens (tertiary/aromatic N) is 2. The second kappa shape index (κ2) is 6.01. The fourth-order valence-corrected chi connectivity index (χ4v) is 3.20. The van der Waals surface area contributed by atoms with Crippen LogP contribution < -0.4 is 0 Å². The van der Waals surface area contributed by atoms with Crippen LogP contribution in [0.2, 0.25) is 0 Å². The van der Waals surface area contributed by atoms with E-state index in [2.05, 4.69) is 56.3 Å². The topological polar surface area (TPSA) is 57.4 Å². The van der Waals surface area contributed by atoms with Crippen LogP contribution in [0.1, 0.15) is 11.4 Å². The molecule has 2 N–H and O–H groups in total. The third-order valence-corrected chi connectivity index (χ3v) is 4.51. The van der Waals surface area contributed by atoms with Crippen LogP contribution in [-0.2, 0) is 0 Å². The fourth-order valence-electron chi connectivity index (χ4n) is 3.20. The highest BCUT2D eigenvalue weighted by Crippen LogP contribution is 2.27. The zero-order valence-electron chi connectivity index (χ0n) is 14.0. The highest BCUT2D eigenvalue weighted by atomic mass is 14.9. The van der Waals surface area contributed by atoms with Gasteiger partial charge in [0, 0.05) is 5.56 Å². The zero-order valence-corrected chi connectivity index (χ0v) is 14.0. The van der Waals surface area contributed by atoms with Crippen LogP contribution in [0.25, 0.3) is 45.3 Å². The van der Waals surface area contributed by atoms with Crippen LogP contribution in [0.4, 0.5) is 0 Å². The van der Waals surface area contributed by atoms with Gasteiger partial charge in [0.15, 0.2) is 0 Å². The van der Waals surface area contributed by atoms with Gasteiger partial charge in [0.2, 0.25) is 0 Å². The number of imidazole rings is 2. The van der Waals surface area contributed by atoms with E-state index >= 15 is 0 Å². The molecule has 0 aliphatic heterocycles. The Kier molecular flexibility index (Phi) is 3.39. The number of aromatic amines is 2. The highest BCUT2D eigenvalue weighted by molar-refractivity contribution is 5.91. The predicted molar refractivity (Wildman–Crippen MR) is 107 cm³/mol. The van der Waals surface area contributed by atoms with Crippen molar-refractivity contribution >= 4 is 34.2 Å². The lowest BCUT2D eigenvalue weighted by Gasteiger charge is -2.03. The molecule has 5 rings (SSSR count). The first-order chi connectivity index (χ1) is 12.9. The summed E-state index contributed by atoms with van der Waals surface area (Å²) in [7, 11) is 0. The molecule has 4 nitrogen and oxygen atoms in total. The molecule has 26 heavy (non-hydrogen) atoms. The third kappa shape index (κ3) is 2.58. The van der Waals surface area contributed by atoms with E-state index in [1.807, 2.05) is 42.5 Å². The van der Waals surface area contributed by atoms with E-state index in [0.717, 1.165) is 44.6 Å². The van der Waals surface area contributed by atoms with Crippen LogP contribution in [0.3, 0.4) is 0 Å². The maximum atomic E-state index is 4.57. The van der Waals surface area contributed by atoms with Gasteiger partial charge in [0.05, 0.1) is 28.4 Å². The molecule has 0 saturated carbocycles. The molecule has 0 saturated heterocycles. The number of nitrogens with one attached hydrogen (secondary N) is 2. The maximum Gasteiger partial charge on any atom is 0.131 e. The monoisotopic (exact) mass is 336 g/mol. The first kappa shape index (κ1) is 14.7. The lowest BCUT2D eigenvalue weighted by Crippen LogP contribution is -1.81. The van der Waals surface area contributed by atoms with Gasteiger partial charge in [-0.15, -0.1) is 0 Å². The first-order valence-corrected chi connectivity index (χ1v) is 8.52. The fraction of sp³-hybridized carbons (Fsp3) is 0. The number of fused-ring (bicyclic) bond motifs is 2. The number of hydrogen-bond acceptors (Lipinski definition) is 2. The molecular formula is C22H16N4. The molecule has 0 unspecified atom stereocenters. The van der Waals surface area contributed by atoms with Gasteiger partial charge in [-0.05, 0) is 35.4 Å². The van der Waals surface area contributed by atoms with Crippen molar-refractivity contribution in [2.24, 2.45) is 0 Å². The van der Waals surface area contributed by atoms with Crippen molar-refractivity contribution < 1.29 is 0 Å². The molecular weight excluding hydrogens is 320 g/mol. The van der Waals surface area contributed by atoms with Gasteiger partial charge in [-0.25, -0.2) is 9.97 Å². The van der Waals surface area contributed by atoms with E-state index in [-0.39, 0.29) is 0 Å². The molecule has 0 aliphatic carbocycles. The van der Waals surface area contributed by atoms with Crippen molar-refractivity contribution in [2.45, 2.75) is 0 Å². The molecule has 0 amide bonds. The molecule has 2 aromatic heterocycles. The molecule has 0 aliphatic rings. The van der Waals surface area contributed by atoms with Crippen molar-refractivity contribution in [2.75, 3.05) is 0 Å². The average molecular weight is 336 g/mol. The summed E-state index contributed by atoms with van der Waals surface area (Å²) >= 11 is 0. The minimum Gasteiger partial charge on any atom is -0.345 e. The van der Waals surface area contributed by atoms with E-state index in [9.17, 15) is 0 Å². The molecule has 2 heterocycles. The quantitative estimate of drug-likeness (QED) is 0.471. The average Bonchev–Trinajstić information content (AvgIpc) is 3.33. The second-order valence-corrected chi connectivity index (χ2v) is 6.20. The Balaban J connectivity index is 1.43. The molecule has 0 bridgehead atoms. The van der Waals surface area contributed by atoms with Gasteiger partial charge < -0.3 is 9.97 Å². The Bertz CT molecular complexity index is 1190. The summed E-state index contributed by atoms with van der Waals surface area (Å²) < 4.78 is 0. The first-order valence-electron chi connectivity index (χ1n) is 8.52. The standard InChI is InChI=1S/C22H16N4/c1-2-6-19-18(5-1)25-21(26-19)13-10-15-8-11-16(12-9-15)17-4-3-7-20-22(17)24-14-23-20/h1-14H,(H,23,24)(H,25,26). The molecule has 0 atom stereocenters. The second-order valence-electron chi connectivity index (χ2n) is 6.20. The summed E-state index contributed by atoms with van der Waals surface area (Å²) in [6.07, 6.45) is 5.80. The number of benzene rings is 3. The minimum atomic E-state index is 0.858. The van der Waals surface area contributed by atoms with Crippen molar-refractivity contribution in [3.63, 3.8) is 0 Å². The summed E-state index contributed by atoms with van der Waals surface area (Å²) in [4.78, 5) is 15.5. The summed E-state index contributed by atoms with van der Waals surface area (Å²) in [6.45, 7) is 0. The Morgan fingerprint density at radius 2 is 1.62 bits per heavy atom. The van der Waals surface area contributed by atoms with Crippen molar-refractivity contribution in [1.82, 2.24) is 19.9 Å². The van der Waals surface area contributed by atoms with Gasteiger partial charge in [0.25, 0.3) is 0 Å². The zero-order chi connectivity index (χ0) is 17.3. The van der Waals surface area contributed by atoms with Crippen molar-refractivity contribution in [3.05, 3.63) is 84.4 Å². The normalized spacial score (nSPS) is 11.7. The number of para-hydroxylation sites is 3. The lowest BCUT2D eigenvalue weighted by atomic mass is 10.0. The van der Waals surface area contributed by atoms with E-state index in [1.165, 1.54) is 0 Å². The molecule has 124 valence electrons. The largest absolute Gasteiger partial charge is 0.345 e. The van der Waals surface area contributed by atoms with E-state index in [0.29, 0.717) is 0 Å². The maximum absolute atomic E-state index is 4.57. The minimum absolute atomic E-state index is 0.858. The van der Waals surface area contributed by atoms with Gasteiger partial charge in [-0.2, -0.15) is 0 Å². The highest BCUT2D eigenvalue weighted by Gasteiger charge is 2.05. The Morgan fingerprint density at radius 3 is 2.50 bits per heavy atom. The molecule has 0 fully saturated rings. The van der Waals surface area contributed by atoms with Crippen LogP contribution in [0.15, 0.2) is 73.1 Å². The number of H-pyrrole nitrogens is 2. The van der Waals surface area contributed by atoms with Crippen LogP contribution in [0.5, 0.6) is 0 Å². The Morgan fingerprint density at radius 1 is 0.769 bits per heavy atom. The molecule has 5 aromatic rings. The number of hydrogen-bond donors (Lipinski definition) is 2. The predicted octanol–water partition coefficient (Wildman–Crippen LogP) is 5.28. The van der Waals surface area contributed by atoms with Crippen LogP contribution >= 0.6 is 0 Å². The number of aromatic nitrogens is 4.